The van der Waals surface area contributed by atoms with Crippen LogP contribution in [0.5, 0.6) is 11.8 Å². The summed E-state index contributed by atoms with van der Waals surface area (Å²) in [6.45, 7) is 0.813. The first kappa shape index (κ1) is 14.0. The van der Waals surface area contributed by atoms with Crippen molar-refractivity contribution in [1.82, 2.24) is 15.4 Å². The predicted molar refractivity (Wildman–Crippen MR) is 68.8 cm³/mol. The number of methoxy groups -OCH3 is 2. The standard InChI is InChI=1S/C12H20N4O3/c1-17-10-7-14-11(12(15-10)18-2)9(16-13)6-8-4-3-5-19-8/h7-9,16H,3-6,13H2,1-2H3. The Balaban J connectivity index is 2.16. The lowest BCUT2D eigenvalue weighted by Crippen LogP contribution is -2.32. The number of nitrogens with zero attached hydrogens (tertiary/aromatic N) is 2. The summed E-state index contributed by atoms with van der Waals surface area (Å²) in [5.41, 5.74) is 3.42. The van der Waals surface area contributed by atoms with Crippen molar-refractivity contribution < 1.29 is 14.2 Å². The van der Waals surface area contributed by atoms with E-state index in [1.165, 1.54) is 7.11 Å². The summed E-state index contributed by atoms with van der Waals surface area (Å²) in [5.74, 6) is 6.44. The van der Waals surface area contributed by atoms with Crippen LogP contribution in [0.15, 0.2) is 6.20 Å². The van der Waals surface area contributed by atoms with E-state index in [2.05, 4.69) is 15.4 Å². The lowest BCUT2D eigenvalue weighted by molar-refractivity contribution is 0.0937. The zero-order valence-corrected chi connectivity index (χ0v) is 11.3. The highest BCUT2D eigenvalue weighted by molar-refractivity contribution is 5.25. The van der Waals surface area contributed by atoms with Crippen LogP contribution in [-0.2, 0) is 4.74 Å². The molecule has 1 aromatic heterocycles. The predicted octanol–water partition coefficient (Wildman–Crippen LogP) is 0.567. The Bertz CT molecular complexity index is 410. The van der Waals surface area contributed by atoms with Crippen molar-refractivity contribution in [3.8, 4) is 11.8 Å². The Morgan fingerprint density at radius 1 is 1.53 bits per heavy atom. The molecule has 2 unspecified atom stereocenters. The van der Waals surface area contributed by atoms with Gasteiger partial charge in [0.2, 0.25) is 11.8 Å². The highest BCUT2D eigenvalue weighted by Gasteiger charge is 2.25. The van der Waals surface area contributed by atoms with E-state index in [0.29, 0.717) is 17.5 Å². The van der Waals surface area contributed by atoms with Crippen molar-refractivity contribution in [2.45, 2.75) is 31.4 Å². The monoisotopic (exact) mass is 268 g/mol. The van der Waals surface area contributed by atoms with Gasteiger partial charge in [-0.1, -0.05) is 0 Å². The number of nitrogens with two attached hydrogens (primary N) is 1. The quantitative estimate of drug-likeness (QED) is 0.575. The average Bonchev–Trinajstić information content (AvgIpc) is 2.97. The first-order chi connectivity index (χ1) is 9.28. The summed E-state index contributed by atoms with van der Waals surface area (Å²) in [6.07, 6.45) is 4.64. The number of nitrogens with one attached hydrogen (secondary N) is 1. The van der Waals surface area contributed by atoms with Gasteiger partial charge in [0.05, 0.1) is 32.6 Å². The fraction of sp³-hybridized carbons (Fsp3) is 0.667. The van der Waals surface area contributed by atoms with Crippen molar-refractivity contribution in [1.29, 1.82) is 0 Å². The summed E-state index contributed by atoms with van der Waals surface area (Å²) >= 11 is 0. The van der Waals surface area contributed by atoms with Crippen LogP contribution >= 0.6 is 0 Å². The molecule has 1 aliphatic rings. The number of hydrogen-bond acceptors (Lipinski definition) is 7. The second-order valence-corrected chi connectivity index (χ2v) is 4.40. The van der Waals surface area contributed by atoms with Gasteiger partial charge in [0.1, 0.15) is 5.69 Å². The third-order valence-electron chi connectivity index (χ3n) is 3.20. The smallest absolute Gasteiger partial charge is 0.240 e. The summed E-state index contributed by atoms with van der Waals surface area (Å²) in [6, 6.07) is -0.156. The molecular weight excluding hydrogens is 248 g/mol. The Labute approximate surface area is 112 Å². The average molecular weight is 268 g/mol. The van der Waals surface area contributed by atoms with Gasteiger partial charge in [0.15, 0.2) is 0 Å². The highest BCUT2D eigenvalue weighted by atomic mass is 16.5. The molecule has 2 atom stereocenters. The van der Waals surface area contributed by atoms with Crippen LogP contribution in [0.25, 0.3) is 0 Å². The summed E-state index contributed by atoms with van der Waals surface area (Å²) < 4.78 is 15.9. The Hall–Kier alpha value is -1.44. The lowest BCUT2D eigenvalue weighted by Gasteiger charge is -2.20. The Morgan fingerprint density at radius 3 is 2.95 bits per heavy atom. The number of aromatic nitrogens is 2. The van der Waals surface area contributed by atoms with Gasteiger partial charge in [0, 0.05) is 6.61 Å². The number of hydrazine groups is 1. The van der Waals surface area contributed by atoms with Gasteiger partial charge in [-0.15, -0.1) is 0 Å². The van der Waals surface area contributed by atoms with E-state index in [-0.39, 0.29) is 12.1 Å². The van der Waals surface area contributed by atoms with Crippen molar-refractivity contribution in [2.24, 2.45) is 5.84 Å². The van der Waals surface area contributed by atoms with Gasteiger partial charge in [-0.25, -0.2) is 4.98 Å². The van der Waals surface area contributed by atoms with Crippen LogP contribution in [0.3, 0.4) is 0 Å². The molecule has 2 heterocycles. The number of hydrogen-bond donors (Lipinski definition) is 2. The van der Waals surface area contributed by atoms with Crippen molar-refractivity contribution in [2.75, 3.05) is 20.8 Å². The molecular formula is C12H20N4O3. The molecule has 1 aliphatic heterocycles. The van der Waals surface area contributed by atoms with Crippen molar-refractivity contribution in [3.63, 3.8) is 0 Å². The summed E-state index contributed by atoms with van der Waals surface area (Å²) in [4.78, 5) is 8.53. The van der Waals surface area contributed by atoms with E-state index in [4.69, 9.17) is 20.1 Å². The van der Waals surface area contributed by atoms with Crippen molar-refractivity contribution in [3.05, 3.63) is 11.9 Å². The minimum absolute atomic E-state index is 0.156. The molecule has 0 aliphatic carbocycles. The van der Waals surface area contributed by atoms with Crippen LogP contribution in [0, 0.1) is 0 Å². The third-order valence-corrected chi connectivity index (χ3v) is 3.20. The molecule has 7 nitrogen and oxygen atoms in total. The van der Waals surface area contributed by atoms with E-state index >= 15 is 0 Å². The summed E-state index contributed by atoms with van der Waals surface area (Å²) in [5, 5.41) is 0. The van der Waals surface area contributed by atoms with Gasteiger partial charge >= 0.3 is 0 Å². The fourth-order valence-corrected chi connectivity index (χ4v) is 2.21. The third kappa shape index (κ3) is 3.31. The zero-order chi connectivity index (χ0) is 13.7. The molecule has 2 rings (SSSR count). The second kappa shape index (κ2) is 6.65. The lowest BCUT2D eigenvalue weighted by atomic mass is 10.0. The van der Waals surface area contributed by atoms with Gasteiger partial charge < -0.3 is 14.2 Å². The maximum Gasteiger partial charge on any atom is 0.240 e. The SMILES string of the molecule is COc1cnc(C(CC2CCCO2)NN)c(OC)n1. The Kier molecular flexibility index (Phi) is 4.89. The van der Waals surface area contributed by atoms with Gasteiger partial charge in [-0.2, -0.15) is 4.98 Å². The normalized spacial score (nSPS) is 20.3. The fourth-order valence-electron chi connectivity index (χ4n) is 2.21. The zero-order valence-electron chi connectivity index (χ0n) is 11.3. The summed E-state index contributed by atoms with van der Waals surface area (Å²) in [7, 11) is 3.08. The van der Waals surface area contributed by atoms with E-state index in [9.17, 15) is 0 Å². The molecule has 0 spiro atoms. The highest BCUT2D eigenvalue weighted by Crippen LogP contribution is 2.28. The van der Waals surface area contributed by atoms with Gasteiger partial charge in [-0.3, -0.25) is 11.3 Å². The molecule has 1 fully saturated rings. The maximum atomic E-state index is 5.62. The molecule has 1 saturated heterocycles. The van der Waals surface area contributed by atoms with Crippen LogP contribution in [0.1, 0.15) is 31.0 Å². The molecule has 0 radical (unpaired) electrons. The van der Waals surface area contributed by atoms with E-state index in [1.807, 2.05) is 0 Å². The minimum atomic E-state index is -0.156. The molecule has 0 bridgehead atoms. The van der Waals surface area contributed by atoms with Crippen molar-refractivity contribution >= 4 is 0 Å². The van der Waals surface area contributed by atoms with E-state index in [0.717, 1.165) is 25.9 Å². The molecule has 19 heavy (non-hydrogen) atoms. The number of ether oxygens (including phenoxy) is 3. The van der Waals surface area contributed by atoms with E-state index in [1.54, 1.807) is 13.3 Å². The topological polar surface area (TPSA) is 91.5 Å². The molecule has 0 amide bonds. The molecule has 7 heteroatoms. The molecule has 0 aromatic carbocycles. The van der Waals surface area contributed by atoms with Crippen LogP contribution < -0.4 is 20.7 Å². The van der Waals surface area contributed by atoms with Gasteiger partial charge in [0.25, 0.3) is 0 Å². The first-order valence-electron chi connectivity index (χ1n) is 6.31. The Morgan fingerprint density at radius 2 is 2.37 bits per heavy atom. The first-order valence-corrected chi connectivity index (χ1v) is 6.31. The minimum Gasteiger partial charge on any atom is -0.480 e. The molecule has 3 N–H and O–H groups in total. The second-order valence-electron chi connectivity index (χ2n) is 4.40. The van der Waals surface area contributed by atoms with E-state index < -0.39 is 0 Å². The van der Waals surface area contributed by atoms with Crippen LogP contribution in [-0.4, -0.2) is 36.9 Å². The molecule has 0 saturated carbocycles. The van der Waals surface area contributed by atoms with Gasteiger partial charge in [-0.05, 0) is 19.3 Å². The van der Waals surface area contributed by atoms with Crippen LogP contribution in [0.2, 0.25) is 0 Å². The molecule has 106 valence electrons. The molecule has 1 aromatic rings. The number of rotatable bonds is 6. The largest absolute Gasteiger partial charge is 0.480 e. The van der Waals surface area contributed by atoms with Crippen LogP contribution in [0.4, 0.5) is 0 Å². The maximum absolute atomic E-state index is 5.62.